The molecule has 0 saturated heterocycles. The number of rotatable bonds is 9. The first-order chi connectivity index (χ1) is 11.4. The maximum Gasteiger partial charge on any atom is 0.104 e. The minimum atomic E-state index is -0.0432. The Bertz CT molecular complexity index is 514. The van der Waals surface area contributed by atoms with Gasteiger partial charge < -0.3 is 5.11 Å². The summed E-state index contributed by atoms with van der Waals surface area (Å²) in [5.74, 6) is 20.9. The van der Waals surface area contributed by atoms with Gasteiger partial charge in [0.1, 0.15) is 6.61 Å². The highest BCUT2D eigenvalue weighted by Crippen LogP contribution is 2.01. The Morgan fingerprint density at radius 2 is 1.13 bits per heavy atom. The molecule has 0 saturated carbocycles. The summed E-state index contributed by atoms with van der Waals surface area (Å²) in [7, 11) is 0. The highest BCUT2D eigenvalue weighted by Gasteiger charge is 1.85. The number of aliphatic hydroxyl groups is 1. The first kappa shape index (κ1) is 20.9. The molecule has 0 radical (unpaired) electrons. The molecule has 0 aliphatic heterocycles. The van der Waals surface area contributed by atoms with Gasteiger partial charge in [-0.15, -0.1) is 36.0 Å². The van der Waals surface area contributed by atoms with Crippen LogP contribution in [0.1, 0.15) is 70.6 Å². The van der Waals surface area contributed by atoms with E-state index in [-0.39, 0.29) is 6.61 Å². The first-order valence-electron chi connectivity index (χ1n) is 8.51. The number of terminal acetylenes is 1. The van der Waals surface area contributed by atoms with Crippen molar-refractivity contribution in [3.05, 3.63) is 12.2 Å². The Kier molecular flexibility index (Phi) is 18.2. The molecule has 0 aromatic heterocycles. The van der Waals surface area contributed by atoms with Gasteiger partial charge in [-0.1, -0.05) is 17.9 Å². The largest absolute Gasteiger partial charge is 0.384 e. The van der Waals surface area contributed by atoms with E-state index in [4.69, 9.17) is 11.5 Å². The first-order valence-corrected chi connectivity index (χ1v) is 8.51. The Labute approximate surface area is 143 Å². The van der Waals surface area contributed by atoms with Crippen LogP contribution in [0.25, 0.3) is 0 Å². The van der Waals surface area contributed by atoms with Crippen molar-refractivity contribution in [1.29, 1.82) is 0 Å². The van der Waals surface area contributed by atoms with Crippen LogP contribution in [0.15, 0.2) is 12.2 Å². The fraction of sp³-hybridized carbons (Fsp3) is 0.545. The Morgan fingerprint density at radius 3 is 1.65 bits per heavy atom. The van der Waals surface area contributed by atoms with Crippen molar-refractivity contribution in [2.75, 3.05) is 6.61 Å². The second kappa shape index (κ2) is 19.9. The Hall–Kier alpha value is -2.06. The van der Waals surface area contributed by atoms with Crippen LogP contribution in [0.2, 0.25) is 0 Å². The fourth-order valence-corrected chi connectivity index (χ4v) is 1.82. The van der Waals surface area contributed by atoms with Crippen molar-refractivity contribution < 1.29 is 5.11 Å². The van der Waals surface area contributed by atoms with Crippen LogP contribution in [0, 0.1) is 47.9 Å². The van der Waals surface area contributed by atoms with Gasteiger partial charge >= 0.3 is 0 Å². The summed E-state index contributed by atoms with van der Waals surface area (Å²) < 4.78 is 0. The number of hydrogen-bond acceptors (Lipinski definition) is 1. The maximum absolute atomic E-state index is 8.49. The average molecular weight is 308 g/mol. The van der Waals surface area contributed by atoms with Gasteiger partial charge in [-0.2, -0.15) is 0 Å². The van der Waals surface area contributed by atoms with Gasteiger partial charge in [-0.25, -0.2) is 0 Å². The zero-order valence-electron chi connectivity index (χ0n) is 14.2. The second-order valence-electron chi connectivity index (χ2n) is 5.09. The van der Waals surface area contributed by atoms with Crippen molar-refractivity contribution in [2.45, 2.75) is 70.6 Å². The zero-order chi connectivity index (χ0) is 16.8. The maximum atomic E-state index is 8.49. The highest BCUT2D eigenvalue weighted by atomic mass is 16.2. The van der Waals surface area contributed by atoms with Crippen molar-refractivity contribution in [3.63, 3.8) is 0 Å². The molecule has 0 fully saturated rings. The second-order valence-corrected chi connectivity index (χ2v) is 5.09. The molecule has 0 heterocycles. The summed E-state index contributed by atoms with van der Waals surface area (Å²) >= 11 is 0. The van der Waals surface area contributed by atoms with E-state index in [0.717, 1.165) is 70.6 Å². The van der Waals surface area contributed by atoms with E-state index < -0.39 is 0 Å². The van der Waals surface area contributed by atoms with Crippen LogP contribution in [-0.4, -0.2) is 11.7 Å². The van der Waals surface area contributed by atoms with Gasteiger partial charge in [0, 0.05) is 32.1 Å². The number of unbranched alkanes of at least 4 members (excludes halogenated alkanes) is 8. The van der Waals surface area contributed by atoms with Crippen molar-refractivity contribution in [1.82, 2.24) is 0 Å². The van der Waals surface area contributed by atoms with Crippen LogP contribution in [-0.2, 0) is 0 Å². The predicted molar refractivity (Wildman–Crippen MR) is 99.2 cm³/mol. The van der Waals surface area contributed by atoms with E-state index in [1.807, 2.05) is 6.08 Å². The van der Waals surface area contributed by atoms with Crippen LogP contribution >= 0.6 is 0 Å². The van der Waals surface area contributed by atoms with E-state index in [0.29, 0.717) is 0 Å². The Morgan fingerprint density at radius 1 is 0.652 bits per heavy atom. The molecule has 122 valence electrons. The summed E-state index contributed by atoms with van der Waals surface area (Å²) in [6.07, 6.45) is 20.2. The molecule has 0 amide bonds. The quantitative estimate of drug-likeness (QED) is 0.492. The van der Waals surface area contributed by atoms with Gasteiger partial charge in [0.25, 0.3) is 0 Å². The predicted octanol–water partition coefficient (Wildman–Crippen LogP) is 4.47. The fourth-order valence-electron chi connectivity index (χ4n) is 1.82. The summed E-state index contributed by atoms with van der Waals surface area (Å²) in [5, 5.41) is 8.49. The van der Waals surface area contributed by atoms with Crippen molar-refractivity contribution in [2.24, 2.45) is 0 Å². The lowest BCUT2D eigenvalue weighted by Gasteiger charge is -1.91. The highest BCUT2D eigenvalue weighted by molar-refractivity contribution is 5.08. The molecule has 0 aliphatic rings. The summed E-state index contributed by atoms with van der Waals surface area (Å²) in [6, 6.07) is 0. The number of allylic oxidation sites excluding steroid dienone is 2. The average Bonchev–Trinajstić information content (AvgIpc) is 2.57. The normalized spacial score (nSPS) is 9.04. The van der Waals surface area contributed by atoms with Gasteiger partial charge in [-0.05, 0) is 44.6 Å². The molecular weight excluding hydrogens is 280 g/mol. The van der Waals surface area contributed by atoms with Crippen LogP contribution < -0.4 is 0 Å². The van der Waals surface area contributed by atoms with Crippen LogP contribution in [0.3, 0.4) is 0 Å². The summed E-state index contributed by atoms with van der Waals surface area (Å²) in [5.41, 5.74) is 0. The Balaban J connectivity index is 3.32. The number of aliphatic hydroxyl groups excluding tert-OH is 1. The zero-order valence-corrected chi connectivity index (χ0v) is 14.2. The van der Waals surface area contributed by atoms with Gasteiger partial charge in [0.15, 0.2) is 0 Å². The molecule has 0 spiro atoms. The molecule has 1 nitrogen and oxygen atoms in total. The lowest BCUT2D eigenvalue weighted by Crippen LogP contribution is -1.76. The van der Waals surface area contributed by atoms with E-state index >= 15 is 0 Å². The topological polar surface area (TPSA) is 20.2 Å². The van der Waals surface area contributed by atoms with Gasteiger partial charge in [0.05, 0.1) is 0 Å². The molecular formula is C22H28O. The molecule has 1 heteroatoms. The van der Waals surface area contributed by atoms with Gasteiger partial charge in [-0.3, -0.25) is 0 Å². The summed E-state index contributed by atoms with van der Waals surface area (Å²) in [6.45, 7) is -0.0432. The molecule has 0 unspecified atom stereocenters. The van der Waals surface area contributed by atoms with E-state index in [9.17, 15) is 0 Å². The van der Waals surface area contributed by atoms with Gasteiger partial charge in [0.2, 0.25) is 0 Å². The third kappa shape index (κ3) is 19.9. The SMILES string of the molecule is C#CC=CCCCCC#CCCCCC#CCCCC#CCO. The molecule has 1 N–H and O–H groups in total. The summed E-state index contributed by atoms with van der Waals surface area (Å²) in [4.78, 5) is 0. The lowest BCUT2D eigenvalue weighted by molar-refractivity contribution is 0.350. The van der Waals surface area contributed by atoms with E-state index in [2.05, 4.69) is 41.4 Å². The molecule has 0 aliphatic carbocycles. The molecule has 0 atom stereocenters. The number of hydrogen-bond donors (Lipinski definition) is 1. The van der Waals surface area contributed by atoms with E-state index in [1.165, 1.54) is 0 Å². The minimum Gasteiger partial charge on any atom is -0.384 e. The monoisotopic (exact) mass is 308 g/mol. The molecule has 0 rings (SSSR count). The lowest BCUT2D eigenvalue weighted by atomic mass is 10.1. The molecule has 0 aromatic rings. The molecule has 0 bridgehead atoms. The van der Waals surface area contributed by atoms with Crippen LogP contribution in [0.4, 0.5) is 0 Å². The minimum absolute atomic E-state index is 0.0432. The standard InChI is InChI=1S/C22H28O/c1-2-3-4-5-6-7-8-9-10-11-12-13-14-15-16-17-18-19-20-21-22-23/h1,3-4,23H,5-8,11-14,17-19,22H2. The van der Waals surface area contributed by atoms with E-state index in [1.54, 1.807) is 6.08 Å². The van der Waals surface area contributed by atoms with Crippen molar-refractivity contribution >= 4 is 0 Å². The van der Waals surface area contributed by atoms with Crippen molar-refractivity contribution in [3.8, 4) is 47.9 Å². The third-order valence-electron chi connectivity index (χ3n) is 3.05. The molecule has 0 aromatic carbocycles. The smallest absolute Gasteiger partial charge is 0.104 e. The molecule has 23 heavy (non-hydrogen) atoms. The third-order valence-corrected chi connectivity index (χ3v) is 3.05. The van der Waals surface area contributed by atoms with Crippen LogP contribution in [0.5, 0.6) is 0 Å².